The second-order valence-corrected chi connectivity index (χ2v) is 2.86. The fourth-order valence-electron chi connectivity index (χ4n) is 1.20. The molecule has 0 saturated heterocycles. The summed E-state index contributed by atoms with van der Waals surface area (Å²) in [5, 5.41) is 7.17. The van der Waals surface area contributed by atoms with E-state index in [1.165, 1.54) is 6.92 Å². The van der Waals surface area contributed by atoms with Gasteiger partial charge >= 0.3 is 0 Å². The largest absolute Gasteiger partial charge is 0.309 e. The summed E-state index contributed by atoms with van der Waals surface area (Å²) < 4.78 is 25.4. The number of hydrogen-bond acceptors (Lipinski definition) is 1. The molecule has 0 aromatic carbocycles. The van der Waals surface area contributed by atoms with E-state index in [-0.39, 0.29) is 12.1 Å². The van der Waals surface area contributed by atoms with Gasteiger partial charge in [-0.2, -0.15) is 0 Å². The van der Waals surface area contributed by atoms with Gasteiger partial charge in [-0.25, -0.2) is 8.78 Å². The first-order chi connectivity index (χ1) is 4.54. The van der Waals surface area contributed by atoms with E-state index in [0.717, 1.165) is 0 Å². The Bertz CT molecular complexity index is 154. The monoisotopic (exact) mass is 147 g/mol. The molecule has 0 unspecified atom stereocenters. The number of halogens is 2. The van der Waals surface area contributed by atoms with Gasteiger partial charge in [0.05, 0.1) is 5.92 Å². The quantitative estimate of drug-likeness (QED) is 0.544. The maximum absolute atomic E-state index is 12.7. The molecule has 0 heterocycles. The molecule has 0 bridgehead atoms. The maximum Gasteiger partial charge on any atom is 0.255 e. The highest BCUT2D eigenvalue weighted by atomic mass is 19.3. The Morgan fingerprint density at radius 2 is 2.20 bits per heavy atom. The highest BCUT2D eigenvalue weighted by molar-refractivity contribution is 5.85. The lowest BCUT2D eigenvalue weighted by molar-refractivity contribution is -0.0441. The number of alkyl halides is 2. The molecule has 0 radical (unpaired) electrons. The summed E-state index contributed by atoms with van der Waals surface area (Å²) in [6, 6.07) is 0. The van der Waals surface area contributed by atoms with E-state index in [1.807, 2.05) is 0 Å². The summed E-state index contributed by atoms with van der Waals surface area (Å²) in [4.78, 5) is 0. The summed E-state index contributed by atoms with van der Waals surface area (Å²) in [5.74, 6) is -3.45. The van der Waals surface area contributed by atoms with E-state index in [1.54, 1.807) is 0 Å². The average Bonchev–Trinajstić information content (AvgIpc) is 1.83. The summed E-state index contributed by atoms with van der Waals surface area (Å²) in [7, 11) is 0. The van der Waals surface area contributed by atoms with Gasteiger partial charge in [0.15, 0.2) is 0 Å². The third kappa shape index (κ3) is 1.18. The number of hydrogen-bond donors (Lipinski definition) is 1. The first kappa shape index (κ1) is 7.63. The Kier molecular flexibility index (Phi) is 1.75. The highest BCUT2D eigenvalue weighted by Gasteiger charge is 2.41. The van der Waals surface area contributed by atoms with Crippen LogP contribution in [0.3, 0.4) is 0 Å². The lowest BCUT2D eigenvalue weighted by Gasteiger charge is -2.28. The zero-order chi connectivity index (χ0) is 7.78. The Morgan fingerprint density at radius 3 is 2.60 bits per heavy atom. The molecule has 1 atom stereocenters. The van der Waals surface area contributed by atoms with E-state index in [0.29, 0.717) is 12.8 Å². The van der Waals surface area contributed by atoms with Crippen molar-refractivity contribution in [2.45, 2.75) is 32.1 Å². The minimum Gasteiger partial charge on any atom is -0.309 e. The van der Waals surface area contributed by atoms with Crippen LogP contribution in [-0.2, 0) is 0 Å². The van der Waals surface area contributed by atoms with E-state index >= 15 is 0 Å². The molecule has 58 valence electrons. The Morgan fingerprint density at radius 1 is 1.60 bits per heavy atom. The maximum atomic E-state index is 12.7. The van der Waals surface area contributed by atoms with Crippen molar-refractivity contribution in [1.82, 2.24) is 0 Å². The first-order valence-electron chi connectivity index (χ1n) is 3.49. The van der Waals surface area contributed by atoms with Crippen molar-refractivity contribution >= 4 is 5.71 Å². The molecule has 0 aromatic rings. The van der Waals surface area contributed by atoms with Crippen LogP contribution in [0, 0.1) is 11.3 Å². The molecular formula is C7H11F2N. The molecule has 1 N–H and O–H groups in total. The van der Waals surface area contributed by atoms with Crippen LogP contribution in [0.2, 0.25) is 0 Å². The molecule has 1 fully saturated rings. The highest BCUT2D eigenvalue weighted by Crippen LogP contribution is 2.35. The lowest BCUT2D eigenvalue weighted by atomic mass is 9.85. The minimum absolute atomic E-state index is 0.0451. The van der Waals surface area contributed by atoms with Gasteiger partial charge in [-0.15, -0.1) is 0 Å². The van der Waals surface area contributed by atoms with Crippen molar-refractivity contribution in [2.75, 3.05) is 0 Å². The zero-order valence-corrected chi connectivity index (χ0v) is 5.95. The third-order valence-electron chi connectivity index (χ3n) is 2.11. The molecular weight excluding hydrogens is 136 g/mol. The van der Waals surface area contributed by atoms with E-state index in [9.17, 15) is 8.78 Å². The van der Waals surface area contributed by atoms with Gasteiger partial charge < -0.3 is 5.41 Å². The van der Waals surface area contributed by atoms with Gasteiger partial charge in [-0.05, 0) is 12.8 Å². The van der Waals surface area contributed by atoms with E-state index < -0.39 is 11.8 Å². The third-order valence-corrected chi connectivity index (χ3v) is 2.11. The molecule has 0 aromatic heterocycles. The van der Waals surface area contributed by atoms with Crippen LogP contribution in [0.25, 0.3) is 0 Å². The Balaban J connectivity index is 2.69. The topological polar surface area (TPSA) is 23.9 Å². The minimum atomic E-state index is -2.62. The molecule has 3 heteroatoms. The van der Waals surface area contributed by atoms with Crippen molar-refractivity contribution in [3.63, 3.8) is 0 Å². The second-order valence-electron chi connectivity index (χ2n) is 2.86. The van der Waals surface area contributed by atoms with Crippen molar-refractivity contribution < 1.29 is 8.78 Å². The molecule has 0 aliphatic heterocycles. The average molecular weight is 147 g/mol. The second kappa shape index (κ2) is 2.29. The van der Waals surface area contributed by atoms with Crippen molar-refractivity contribution in [3.8, 4) is 0 Å². The van der Waals surface area contributed by atoms with Crippen LogP contribution < -0.4 is 0 Å². The fraction of sp³-hybridized carbons (Fsp3) is 0.857. The summed E-state index contributed by atoms with van der Waals surface area (Å²) in [6.07, 6.45) is 0.976. The predicted molar refractivity (Wildman–Crippen MR) is 35.7 cm³/mol. The molecule has 1 aliphatic carbocycles. The number of nitrogens with one attached hydrogen (secondary N) is 1. The molecule has 1 saturated carbocycles. The van der Waals surface area contributed by atoms with Crippen LogP contribution in [0.5, 0.6) is 0 Å². The van der Waals surface area contributed by atoms with Crippen molar-refractivity contribution in [2.24, 2.45) is 5.92 Å². The molecule has 1 aliphatic rings. The van der Waals surface area contributed by atoms with Crippen LogP contribution in [0.1, 0.15) is 26.2 Å². The summed E-state index contributed by atoms with van der Waals surface area (Å²) in [5.41, 5.74) is 0.205. The van der Waals surface area contributed by atoms with Gasteiger partial charge in [0, 0.05) is 12.1 Å². The zero-order valence-electron chi connectivity index (χ0n) is 5.95. The van der Waals surface area contributed by atoms with Crippen LogP contribution in [0.15, 0.2) is 0 Å². The van der Waals surface area contributed by atoms with Gasteiger partial charge in [0.1, 0.15) is 0 Å². The smallest absolute Gasteiger partial charge is 0.255 e. The van der Waals surface area contributed by atoms with Gasteiger partial charge in [-0.1, -0.05) is 6.92 Å². The Labute approximate surface area is 58.9 Å². The standard InChI is InChI=1S/C7H11F2N/c1-5-6(10)3-2-4-7(5,8)9/h5,10H,2-4H2,1H3/t5-/m0/s1. The van der Waals surface area contributed by atoms with Crippen molar-refractivity contribution in [1.29, 1.82) is 5.41 Å². The molecule has 10 heavy (non-hydrogen) atoms. The summed E-state index contributed by atoms with van der Waals surface area (Å²) >= 11 is 0. The van der Waals surface area contributed by atoms with Gasteiger partial charge in [0.2, 0.25) is 0 Å². The fourth-order valence-corrected chi connectivity index (χ4v) is 1.20. The van der Waals surface area contributed by atoms with E-state index in [4.69, 9.17) is 5.41 Å². The van der Waals surface area contributed by atoms with Crippen molar-refractivity contribution in [3.05, 3.63) is 0 Å². The van der Waals surface area contributed by atoms with E-state index in [2.05, 4.69) is 0 Å². The Hall–Kier alpha value is -0.470. The molecule has 0 amide bonds. The van der Waals surface area contributed by atoms with Gasteiger partial charge in [0.25, 0.3) is 5.92 Å². The van der Waals surface area contributed by atoms with Gasteiger partial charge in [-0.3, -0.25) is 0 Å². The SMILES string of the molecule is C[C@H]1C(=N)CCCC1(F)F. The predicted octanol–water partition coefficient (Wildman–Crippen LogP) is 2.46. The van der Waals surface area contributed by atoms with Crippen LogP contribution in [0.4, 0.5) is 8.78 Å². The molecule has 0 spiro atoms. The van der Waals surface area contributed by atoms with Crippen LogP contribution >= 0.6 is 0 Å². The van der Waals surface area contributed by atoms with Crippen LogP contribution in [-0.4, -0.2) is 11.6 Å². The molecule has 1 nitrogen and oxygen atoms in total. The number of rotatable bonds is 0. The molecule has 1 rings (SSSR count). The lowest BCUT2D eigenvalue weighted by Crippen LogP contribution is -2.35. The normalized spacial score (nSPS) is 32.3. The summed E-state index contributed by atoms with van der Waals surface area (Å²) in [6.45, 7) is 1.43. The first-order valence-corrected chi connectivity index (χ1v) is 3.49.